The molecule has 1 aliphatic heterocycles. The summed E-state index contributed by atoms with van der Waals surface area (Å²) in [6.07, 6.45) is 7.27. The van der Waals surface area contributed by atoms with Crippen LogP contribution in [0.5, 0.6) is 0 Å². The summed E-state index contributed by atoms with van der Waals surface area (Å²) in [5.41, 5.74) is 0.507. The Morgan fingerprint density at radius 3 is 2.92 bits per heavy atom. The van der Waals surface area contributed by atoms with Crippen LogP contribution in [0.15, 0.2) is 0 Å². The predicted molar refractivity (Wildman–Crippen MR) is 49.2 cm³/mol. The Balaban J connectivity index is 2.07. The second kappa shape index (κ2) is 3.35. The minimum absolute atomic E-state index is 0.507. The molecule has 2 aliphatic rings. The fraction of sp³-hybridized carbons (Fsp3) is 1.00. The lowest BCUT2D eigenvalue weighted by Gasteiger charge is -2.39. The number of hydrogen-bond donors (Lipinski definition) is 1. The van der Waals surface area contributed by atoms with Gasteiger partial charge in [0.1, 0.15) is 0 Å². The highest BCUT2D eigenvalue weighted by atomic mass is 16.5. The van der Waals surface area contributed by atoms with E-state index in [4.69, 9.17) is 4.74 Å². The summed E-state index contributed by atoms with van der Waals surface area (Å²) in [5, 5.41) is 3.47. The molecule has 1 heterocycles. The summed E-state index contributed by atoms with van der Waals surface area (Å²) in [5.74, 6) is 0. The summed E-state index contributed by atoms with van der Waals surface area (Å²) in [6.45, 7) is 2.38. The molecule has 70 valence electrons. The second-order valence-corrected chi connectivity index (χ2v) is 4.26. The fourth-order valence-electron chi connectivity index (χ4n) is 2.89. The van der Waals surface area contributed by atoms with E-state index in [2.05, 4.69) is 5.32 Å². The molecule has 0 aromatic heterocycles. The van der Waals surface area contributed by atoms with Gasteiger partial charge in [0.25, 0.3) is 0 Å². The average molecular weight is 169 g/mol. The van der Waals surface area contributed by atoms with Gasteiger partial charge in [0, 0.05) is 19.1 Å². The monoisotopic (exact) mass is 169 g/mol. The number of nitrogens with one attached hydrogen (secondary N) is 1. The van der Waals surface area contributed by atoms with Crippen molar-refractivity contribution in [1.29, 1.82) is 0 Å². The quantitative estimate of drug-likeness (QED) is 0.643. The van der Waals surface area contributed by atoms with Crippen molar-refractivity contribution in [1.82, 2.24) is 5.32 Å². The third kappa shape index (κ3) is 1.27. The third-order valence-electron chi connectivity index (χ3n) is 3.64. The number of ether oxygens (including phenoxy) is 1. The molecule has 0 radical (unpaired) electrons. The van der Waals surface area contributed by atoms with Crippen molar-refractivity contribution < 1.29 is 4.74 Å². The summed E-state index contributed by atoms with van der Waals surface area (Å²) in [4.78, 5) is 0. The van der Waals surface area contributed by atoms with E-state index in [9.17, 15) is 0 Å². The Morgan fingerprint density at radius 2 is 2.25 bits per heavy atom. The van der Waals surface area contributed by atoms with Gasteiger partial charge in [-0.25, -0.2) is 0 Å². The molecular formula is C10H19NO. The first-order chi connectivity index (χ1) is 5.87. The molecule has 0 aromatic rings. The van der Waals surface area contributed by atoms with E-state index >= 15 is 0 Å². The highest BCUT2D eigenvalue weighted by Gasteiger charge is 2.42. The van der Waals surface area contributed by atoms with E-state index in [1.54, 1.807) is 0 Å². The lowest BCUT2D eigenvalue weighted by Crippen LogP contribution is -2.41. The van der Waals surface area contributed by atoms with E-state index in [0.29, 0.717) is 11.5 Å². The van der Waals surface area contributed by atoms with Gasteiger partial charge in [-0.15, -0.1) is 0 Å². The molecule has 0 amide bonds. The SMILES string of the molecule is COC1CCCCC12CCNC2. The first-order valence-corrected chi connectivity index (χ1v) is 5.11. The maximum Gasteiger partial charge on any atom is 0.0640 e. The molecule has 1 spiro atoms. The normalized spacial score (nSPS) is 42.2. The summed E-state index contributed by atoms with van der Waals surface area (Å²) < 4.78 is 5.59. The standard InChI is InChI=1S/C10H19NO/c1-12-9-4-2-3-5-10(9)6-7-11-8-10/h9,11H,2-8H2,1H3. The van der Waals surface area contributed by atoms with E-state index < -0.39 is 0 Å². The van der Waals surface area contributed by atoms with E-state index in [0.717, 1.165) is 0 Å². The van der Waals surface area contributed by atoms with E-state index in [1.165, 1.54) is 45.2 Å². The van der Waals surface area contributed by atoms with Crippen LogP contribution in [0.2, 0.25) is 0 Å². The smallest absolute Gasteiger partial charge is 0.0640 e. The van der Waals surface area contributed by atoms with Crippen LogP contribution in [0.4, 0.5) is 0 Å². The lowest BCUT2D eigenvalue weighted by molar-refractivity contribution is -0.0320. The Hall–Kier alpha value is -0.0800. The Morgan fingerprint density at radius 1 is 1.33 bits per heavy atom. The van der Waals surface area contributed by atoms with Crippen LogP contribution in [0.3, 0.4) is 0 Å². The van der Waals surface area contributed by atoms with Gasteiger partial charge in [-0.2, -0.15) is 0 Å². The minimum atomic E-state index is 0.507. The average Bonchev–Trinajstić information content (AvgIpc) is 2.55. The maximum absolute atomic E-state index is 5.59. The first kappa shape index (κ1) is 8.52. The molecule has 1 aliphatic carbocycles. The summed E-state index contributed by atoms with van der Waals surface area (Å²) >= 11 is 0. The topological polar surface area (TPSA) is 21.3 Å². The van der Waals surface area contributed by atoms with Crippen LogP contribution in [0.1, 0.15) is 32.1 Å². The molecule has 1 N–H and O–H groups in total. The second-order valence-electron chi connectivity index (χ2n) is 4.26. The molecule has 12 heavy (non-hydrogen) atoms. The van der Waals surface area contributed by atoms with Crippen LogP contribution in [0, 0.1) is 5.41 Å². The molecule has 0 aromatic carbocycles. The van der Waals surface area contributed by atoms with Gasteiger partial charge in [-0.3, -0.25) is 0 Å². The molecule has 2 rings (SSSR count). The molecular weight excluding hydrogens is 150 g/mol. The Bertz CT molecular complexity index is 152. The van der Waals surface area contributed by atoms with Crippen molar-refractivity contribution in [3.05, 3.63) is 0 Å². The van der Waals surface area contributed by atoms with Crippen molar-refractivity contribution in [2.75, 3.05) is 20.2 Å². The van der Waals surface area contributed by atoms with Gasteiger partial charge in [0.05, 0.1) is 6.10 Å². The van der Waals surface area contributed by atoms with Gasteiger partial charge in [-0.05, 0) is 25.8 Å². The Kier molecular flexibility index (Phi) is 2.37. The molecule has 2 unspecified atom stereocenters. The number of rotatable bonds is 1. The summed E-state index contributed by atoms with van der Waals surface area (Å²) in [7, 11) is 1.87. The van der Waals surface area contributed by atoms with Crippen LogP contribution in [0.25, 0.3) is 0 Å². The zero-order chi connectivity index (χ0) is 8.44. The van der Waals surface area contributed by atoms with Gasteiger partial charge in [-0.1, -0.05) is 12.8 Å². The van der Waals surface area contributed by atoms with Crippen molar-refractivity contribution in [3.8, 4) is 0 Å². The van der Waals surface area contributed by atoms with Crippen LogP contribution >= 0.6 is 0 Å². The minimum Gasteiger partial charge on any atom is -0.381 e. The highest BCUT2D eigenvalue weighted by Crippen LogP contribution is 2.42. The van der Waals surface area contributed by atoms with Crippen LogP contribution in [-0.4, -0.2) is 26.3 Å². The van der Waals surface area contributed by atoms with Crippen LogP contribution < -0.4 is 5.32 Å². The van der Waals surface area contributed by atoms with Gasteiger partial charge < -0.3 is 10.1 Å². The number of methoxy groups -OCH3 is 1. The van der Waals surface area contributed by atoms with Gasteiger partial charge in [0.15, 0.2) is 0 Å². The predicted octanol–water partition coefficient (Wildman–Crippen LogP) is 1.56. The molecule has 2 fully saturated rings. The molecule has 2 nitrogen and oxygen atoms in total. The largest absolute Gasteiger partial charge is 0.381 e. The zero-order valence-corrected chi connectivity index (χ0v) is 7.94. The molecule has 0 bridgehead atoms. The van der Waals surface area contributed by atoms with Crippen molar-refractivity contribution in [2.45, 2.75) is 38.2 Å². The summed E-state index contributed by atoms with van der Waals surface area (Å²) in [6, 6.07) is 0. The molecule has 1 saturated carbocycles. The molecule has 1 saturated heterocycles. The van der Waals surface area contributed by atoms with Crippen molar-refractivity contribution in [3.63, 3.8) is 0 Å². The van der Waals surface area contributed by atoms with E-state index in [-0.39, 0.29) is 0 Å². The molecule has 2 atom stereocenters. The van der Waals surface area contributed by atoms with Crippen molar-refractivity contribution >= 4 is 0 Å². The highest BCUT2D eigenvalue weighted by molar-refractivity contribution is 4.96. The van der Waals surface area contributed by atoms with E-state index in [1.807, 2.05) is 7.11 Å². The molecule has 2 heteroatoms. The van der Waals surface area contributed by atoms with Gasteiger partial charge in [0.2, 0.25) is 0 Å². The van der Waals surface area contributed by atoms with Crippen LogP contribution in [-0.2, 0) is 4.74 Å². The third-order valence-corrected chi connectivity index (χ3v) is 3.64. The lowest BCUT2D eigenvalue weighted by atomic mass is 9.71. The fourth-order valence-corrected chi connectivity index (χ4v) is 2.89. The van der Waals surface area contributed by atoms with Crippen molar-refractivity contribution in [2.24, 2.45) is 5.41 Å². The zero-order valence-electron chi connectivity index (χ0n) is 7.94. The number of hydrogen-bond acceptors (Lipinski definition) is 2. The first-order valence-electron chi connectivity index (χ1n) is 5.11. The maximum atomic E-state index is 5.59. The Labute approximate surface area is 74.7 Å². The van der Waals surface area contributed by atoms with Gasteiger partial charge >= 0.3 is 0 Å².